The molecular formula is C21H25NO5S. The van der Waals surface area contributed by atoms with E-state index in [0.717, 1.165) is 56.6 Å². The van der Waals surface area contributed by atoms with E-state index in [-0.39, 0.29) is 11.2 Å². The van der Waals surface area contributed by atoms with Gasteiger partial charge in [-0.15, -0.1) is 0 Å². The number of carbonyl (C=O) groups is 2. The van der Waals surface area contributed by atoms with Crippen molar-refractivity contribution in [1.29, 1.82) is 0 Å². The third-order valence-corrected chi connectivity index (χ3v) is 7.63. The average Bonchev–Trinajstić information content (AvgIpc) is 2.97. The van der Waals surface area contributed by atoms with Crippen molar-refractivity contribution >= 4 is 27.6 Å². The number of rotatable bonds is 4. The second kappa shape index (κ2) is 6.72. The topological polar surface area (TPSA) is 89.5 Å². The van der Waals surface area contributed by atoms with E-state index >= 15 is 0 Å². The molecule has 2 unspecified atom stereocenters. The quantitative estimate of drug-likeness (QED) is 0.833. The van der Waals surface area contributed by atoms with E-state index < -0.39 is 16.2 Å². The molecule has 3 aliphatic carbocycles. The first kappa shape index (κ1) is 19.2. The maximum Gasteiger partial charge on any atom is 0.409 e. The van der Waals surface area contributed by atoms with Crippen molar-refractivity contribution in [2.24, 2.45) is 11.3 Å². The van der Waals surface area contributed by atoms with Crippen LogP contribution in [0.4, 0.5) is 0 Å². The van der Waals surface area contributed by atoms with Gasteiger partial charge in [0.05, 0.1) is 0 Å². The summed E-state index contributed by atoms with van der Waals surface area (Å²) in [5, 5.41) is 0. The summed E-state index contributed by atoms with van der Waals surface area (Å²) < 4.78 is 30.5. The number of benzene rings is 1. The zero-order valence-corrected chi connectivity index (χ0v) is 17.0. The van der Waals surface area contributed by atoms with Gasteiger partial charge in [-0.25, -0.2) is 4.72 Å². The van der Waals surface area contributed by atoms with Gasteiger partial charge in [-0.2, -0.15) is 8.42 Å². The third kappa shape index (κ3) is 3.05. The summed E-state index contributed by atoms with van der Waals surface area (Å²) in [6, 6.07) is 5.30. The Morgan fingerprint density at radius 3 is 2.75 bits per heavy atom. The van der Waals surface area contributed by atoms with Gasteiger partial charge in [0.2, 0.25) is 5.91 Å². The lowest BCUT2D eigenvalue weighted by Crippen LogP contribution is -2.37. The van der Waals surface area contributed by atoms with Gasteiger partial charge in [-0.3, -0.25) is 9.59 Å². The van der Waals surface area contributed by atoms with Crippen molar-refractivity contribution in [3.8, 4) is 5.75 Å². The number of Topliss-reactive ketones (excluding diaryl/α,β-unsaturated/α-hetero) is 1. The monoisotopic (exact) mass is 403 g/mol. The average molecular weight is 404 g/mol. The Hall–Kier alpha value is -2.15. The normalized spacial score (nSPS) is 26.4. The second-order valence-corrected chi connectivity index (χ2v) is 9.32. The van der Waals surface area contributed by atoms with Gasteiger partial charge in [-0.1, -0.05) is 18.6 Å². The van der Waals surface area contributed by atoms with Crippen molar-refractivity contribution in [3.05, 3.63) is 34.9 Å². The Labute approximate surface area is 165 Å². The number of hydrogen-bond acceptors (Lipinski definition) is 5. The molecule has 0 radical (unpaired) electrons. The molecule has 7 heteroatoms. The molecule has 1 saturated carbocycles. The van der Waals surface area contributed by atoms with Gasteiger partial charge in [0, 0.05) is 18.8 Å². The van der Waals surface area contributed by atoms with Gasteiger partial charge in [-0.05, 0) is 73.3 Å². The molecule has 28 heavy (non-hydrogen) atoms. The summed E-state index contributed by atoms with van der Waals surface area (Å²) in [4.78, 5) is 23.6. The van der Waals surface area contributed by atoms with E-state index in [0.29, 0.717) is 18.1 Å². The number of carbonyl (C=O) groups excluding carboxylic acids is 2. The van der Waals surface area contributed by atoms with Crippen LogP contribution < -0.4 is 8.91 Å². The number of aryl methyl sites for hydroxylation is 1. The number of ketones is 1. The van der Waals surface area contributed by atoms with Crippen LogP contribution in [0.5, 0.6) is 5.75 Å². The zero-order chi connectivity index (χ0) is 20.1. The fourth-order valence-corrected chi connectivity index (χ4v) is 6.26. The predicted molar refractivity (Wildman–Crippen MR) is 105 cm³/mol. The van der Waals surface area contributed by atoms with Gasteiger partial charge >= 0.3 is 10.3 Å². The SMILES string of the molecule is CCC12CCC3=C(CCc4cc(OS(=O)(=O)NC(C)=O)ccc43)C1CCC2=O. The van der Waals surface area contributed by atoms with Gasteiger partial charge in [0.1, 0.15) is 11.5 Å². The number of nitrogens with one attached hydrogen (secondary N) is 1. The van der Waals surface area contributed by atoms with Crippen molar-refractivity contribution in [2.45, 2.75) is 58.8 Å². The lowest BCUT2D eigenvalue weighted by atomic mass is 9.61. The number of allylic oxidation sites excluding steroid dienone is 2. The number of amides is 1. The predicted octanol–water partition coefficient (Wildman–Crippen LogP) is 3.32. The van der Waals surface area contributed by atoms with Gasteiger partial charge in [0.25, 0.3) is 0 Å². The minimum Gasteiger partial charge on any atom is -0.367 e. The van der Waals surface area contributed by atoms with Crippen molar-refractivity contribution in [3.63, 3.8) is 0 Å². The molecule has 4 rings (SSSR count). The Bertz CT molecular complexity index is 994. The van der Waals surface area contributed by atoms with E-state index in [1.165, 1.54) is 11.1 Å². The summed E-state index contributed by atoms with van der Waals surface area (Å²) >= 11 is 0. The van der Waals surface area contributed by atoms with Crippen LogP contribution >= 0.6 is 0 Å². The summed E-state index contributed by atoms with van der Waals surface area (Å²) in [6.07, 6.45) is 6.06. The van der Waals surface area contributed by atoms with Crippen LogP contribution in [-0.4, -0.2) is 20.1 Å². The van der Waals surface area contributed by atoms with E-state index in [9.17, 15) is 18.0 Å². The Kier molecular flexibility index (Phi) is 4.61. The van der Waals surface area contributed by atoms with E-state index in [1.54, 1.807) is 16.9 Å². The molecule has 1 N–H and O–H groups in total. The summed E-state index contributed by atoms with van der Waals surface area (Å²) in [5.74, 6) is 0.300. The largest absolute Gasteiger partial charge is 0.409 e. The molecule has 150 valence electrons. The van der Waals surface area contributed by atoms with Crippen LogP contribution in [0.2, 0.25) is 0 Å². The Morgan fingerprint density at radius 1 is 1.25 bits per heavy atom. The van der Waals surface area contributed by atoms with E-state index in [1.807, 2.05) is 6.07 Å². The highest BCUT2D eigenvalue weighted by Crippen LogP contribution is 2.58. The number of hydrogen-bond donors (Lipinski definition) is 1. The highest BCUT2D eigenvalue weighted by atomic mass is 32.2. The maximum absolute atomic E-state index is 12.6. The molecule has 0 aliphatic heterocycles. The molecular weight excluding hydrogens is 378 g/mol. The Morgan fingerprint density at radius 2 is 2.04 bits per heavy atom. The van der Waals surface area contributed by atoms with Gasteiger partial charge in [0.15, 0.2) is 0 Å². The molecule has 0 bridgehead atoms. The van der Waals surface area contributed by atoms with Crippen molar-refractivity contribution < 1.29 is 22.2 Å². The van der Waals surface area contributed by atoms with E-state index in [2.05, 4.69) is 6.92 Å². The molecule has 1 aromatic carbocycles. The standard InChI is InChI=1S/C21H25NO5S/c1-3-21-11-10-17-16-7-5-15(27-28(25,26)22-13(2)23)12-14(16)4-6-18(17)19(21)8-9-20(21)24/h5,7,12,19H,3-4,6,8-11H2,1-2H3,(H,22,23). The molecule has 0 saturated heterocycles. The minimum atomic E-state index is -4.16. The summed E-state index contributed by atoms with van der Waals surface area (Å²) in [7, 11) is -4.16. The van der Waals surface area contributed by atoms with Crippen LogP contribution in [0.1, 0.15) is 63.5 Å². The molecule has 0 heterocycles. The molecule has 2 atom stereocenters. The van der Waals surface area contributed by atoms with Crippen molar-refractivity contribution in [2.75, 3.05) is 0 Å². The maximum atomic E-state index is 12.6. The minimum absolute atomic E-state index is 0.161. The zero-order valence-electron chi connectivity index (χ0n) is 16.2. The number of fused-ring (bicyclic) bond motifs is 4. The van der Waals surface area contributed by atoms with Crippen LogP contribution in [0, 0.1) is 11.3 Å². The highest BCUT2D eigenvalue weighted by molar-refractivity contribution is 7.85. The molecule has 6 nitrogen and oxygen atoms in total. The molecule has 1 amide bonds. The first-order valence-electron chi connectivity index (χ1n) is 9.87. The Balaban J connectivity index is 1.66. The van der Waals surface area contributed by atoms with E-state index in [4.69, 9.17) is 4.18 Å². The van der Waals surface area contributed by atoms with Crippen molar-refractivity contribution in [1.82, 2.24) is 4.72 Å². The molecule has 0 aromatic heterocycles. The van der Waals surface area contributed by atoms with Gasteiger partial charge < -0.3 is 4.18 Å². The smallest absolute Gasteiger partial charge is 0.367 e. The first-order chi connectivity index (χ1) is 13.3. The second-order valence-electron chi connectivity index (χ2n) is 8.04. The molecule has 0 spiro atoms. The van der Waals surface area contributed by atoms with Crippen LogP contribution in [0.25, 0.3) is 5.57 Å². The molecule has 1 fully saturated rings. The van der Waals surface area contributed by atoms with Crippen LogP contribution in [-0.2, 0) is 26.3 Å². The first-order valence-corrected chi connectivity index (χ1v) is 11.3. The fraction of sp³-hybridized carbons (Fsp3) is 0.524. The highest BCUT2D eigenvalue weighted by Gasteiger charge is 2.52. The van der Waals surface area contributed by atoms with Crippen LogP contribution in [0.3, 0.4) is 0 Å². The third-order valence-electron chi connectivity index (χ3n) is 6.68. The van der Waals surface area contributed by atoms with Crippen LogP contribution in [0.15, 0.2) is 23.8 Å². The molecule has 3 aliphatic rings. The summed E-state index contributed by atoms with van der Waals surface area (Å²) in [5.41, 5.74) is 4.82. The lowest BCUT2D eigenvalue weighted by Gasteiger charge is -2.42. The fourth-order valence-electron chi connectivity index (χ4n) is 5.50. The summed E-state index contributed by atoms with van der Waals surface area (Å²) in [6.45, 7) is 3.26. The lowest BCUT2D eigenvalue weighted by molar-refractivity contribution is -0.127. The molecule has 1 aromatic rings.